The van der Waals surface area contributed by atoms with E-state index in [4.69, 9.17) is 4.98 Å². The number of nitrogens with one attached hydrogen (secondary N) is 1. The Balaban J connectivity index is 1.18. The molecule has 0 unspecified atom stereocenters. The van der Waals surface area contributed by atoms with E-state index in [0.717, 1.165) is 40.6 Å². The van der Waals surface area contributed by atoms with E-state index in [1.807, 2.05) is 47.4 Å². The second kappa shape index (κ2) is 7.85. The fourth-order valence-electron chi connectivity index (χ4n) is 4.68. The van der Waals surface area contributed by atoms with Crippen LogP contribution in [0.4, 0.5) is 4.39 Å². The number of fused-ring (bicyclic) bond motifs is 2. The molecule has 1 aliphatic heterocycles. The highest BCUT2D eigenvalue weighted by molar-refractivity contribution is 5.98. The van der Waals surface area contributed by atoms with E-state index in [-0.39, 0.29) is 11.7 Å². The topological polar surface area (TPSA) is 66.8 Å². The molecule has 1 N–H and O–H groups in total. The molecule has 0 atom stereocenters. The number of piperidine rings is 1. The van der Waals surface area contributed by atoms with Crippen LogP contribution in [0.25, 0.3) is 27.6 Å². The Morgan fingerprint density at radius 3 is 2.67 bits per heavy atom. The van der Waals surface area contributed by atoms with Gasteiger partial charge in [0.15, 0.2) is 0 Å². The second-order valence-electron chi connectivity index (χ2n) is 8.52. The average molecular weight is 439 g/mol. The third-order valence-electron chi connectivity index (χ3n) is 6.44. The standard InChI is InChI=1S/C26H22FN5O/c27-20-4-3-5-21(15-20)32-24-9-8-18(14-19(24)16-28-32)26(33)31-12-10-17(11-13-31)25-29-22-6-1-2-7-23(22)30-25/h1-9,14-17H,10-13H2,(H,29,30). The summed E-state index contributed by atoms with van der Waals surface area (Å²) >= 11 is 0. The fraction of sp³-hybridized carbons (Fsp3) is 0.192. The van der Waals surface area contributed by atoms with Crippen molar-refractivity contribution in [2.75, 3.05) is 13.1 Å². The van der Waals surface area contributed by atoms with E-state index < -0.39 is 0 Å². The van der Waals surface area contributed by atoms with Crippen molar-refractivity contribution in [1.29, 1.82) is 0 Å². The second-order valence-corrected chi connectivity index (χ2v) is 8.52. The molecular weight excluding hydrogens is 417 g/mol. The predicted molar refractivity (Wildman–Crippen MR) is 125 cm³/mol. The molecule has 33 heavy (non-hydrogen) atoms. The quantitative estimate of drug-likeness (QED) is 0.427. The summed E-state index contributed by atoms with van der Waals surface area (Å²) in [6.07, 6.45) is 3.47. The Bertz CT molecular complexity index is 1450. The molecule has 7 heteroatoms. The molecule has 3 heterocycles. The van der Waals surface area contributed by atoms with Crippen molar-refractivity contribution in [3.63, 3.8) is 0 Å². The van der Waals surface area contributed by atoms with Crippen LogP contribution in [0.5, 0.6) is 0 Å². The maximum atomic E-state index is 13.6. The summed E-state index contributed by atoms with van der Waals surface area (Å²) in [5, 5.41) is 5.25. The largest absolute Gasteiger partial charge is 0.342 e. The molecule has 0 bridgehead atoms. The number of hydrogen-bond donors (Lipinski definition) is 1. The van der Waals surface area contributed by atoms with Crippen LogP contribution < -0.4 is 0 Å². The number of likely N-dealkylation sites (tertiary alicyclic amines) is 1. The monoisotopic (exact) mass is 439 g/mol. The number of halogens is 1. The van der Waals surface area contributed by atoms with Gasteiger partial charge in [0.25, 0.3) is 5.91 Å². The lowest BCUT2D eigenvalue weighted by Crippen LogP contribution is -2.38. The van der Waals surface area contributed by atoms with Crippen LogP contribution in [0.1, 0.15) is 34.9 Å². The minimum atomic E-state index is -0.311. The molecule has 1 aliphatic rings. The number of carbonyl (C=O) groups is 1. The first-order chi connectivity index (χ1) is 16.2. The van der Waals surface area contributed by atoms with Gasteiger partial charge in [0.05, 0.1) is 28.4 Å². The molecule has 3 aromatic carbocycles. The first-order valence-electron chi connectivity index (χ1n) is 11.1. The van der Waals surface area contributed by atoms with Gasteiger partial charge in [0, 0.05) is 30.0 Å². The molecule has 2 aromatic heterocycles. The number of nitrogens with zero attached hydrogens (tertiary/aromatic N) is 4. The molecule has 1 saturated heterocycles. The van der Waals surface area contributed by atoms with Gasteiger partial charge in [-0.1, -0.05) is 18.2 Å². The van der Waals surface area contributed by atoms with Crippen LogP contribution in [0.15, 0.2) is 72.9 Å². The van der Waals surface area contributed by atoms with Gasteiger partial charge in [0.2, 0.25) is 0 Å². The van der Waals surface area contributed by atoms with Crippen LogP contribution in [0, 0.1) is 5.82 Å². The number of H-pyrrole nitrogens is 1. The molecule has 6 rings (SSSR count). The van der Waals surface area contributed by atoms with E-state index in [1.54, 1.807) is 23.0 Å². The molecular formula is C26H22FN5O. The zero-order chi connectivity index (χ0) is 22.4. The van der Waals surface area contributed by atoms with E-state index in [0.29, 0.717) is 30.3 Å². The van der Waals surface area contributed by atoms with Crippen molar-refractivity contribution in [1.82, 2.24) is 24.6 Å². The molecule has 5 aromatic rings. The first kappa shape index (κ1) is 19.7. The van der Waals surface area contributed by atoms with Crippen LogP contribution >= 0.6 is 0 Å². The summed E-state index contributed by atoms with van der Waals surface area (Å²) in [6, 6.07) is 19.9. The van der Waals surface area contributed by atoms with Crippen molar-refractivity contribution < 1.29 is 9.18 Å². The maximum absolute atomic E-state index is 13.6. The summed E-state index contributed by atoms with van der Waals surface area (Å²) < 4.78 is 15.3. The van der Waals surface area contributed by atoms with E-state index in [1.165, 1.54) is 12.1 Å². The van der Waals surface area contributed by atoms with Crippen molar-refractivity contribution in [2.24, 2.45) is 0 Å². The number of imidazole rings is 1. The van der Waals surface area contributed by atoms with E-state index in [2.05, 4.69) is 10.1 Å². The highest BCUT2D eigenvalue weighted by Gasteiger charge is 2.26. The number of amides is 1. The molecule has 0 radical (unpaired) electrons. The summed E-state index contributed by atoms with van der Waals surface area (Å²) in [5.41, 5.74) is 4.16. The van der Waals surface area contributed by atoms with Crippen LogP contribution in [0.2, 0.25) is 0 Å². The maximum Gasteiger partial charge on any atom is 0.253 e. The number of hydrogen-bond acceptors (Lipinski definition) is 3. The van der Waals surface area contributed by atoms with Gasteiger partial charge in [-0.2, -0.15) is 5.10 Å². The Hall–Kier alpha value is -4.00. The number of benzene rings is 3. The normalized spacial score (nSPS) is 14.9. The molecule has 1 amide bonds. The molecule has 0 aliphatic carbocycles. The zero-order valence-corrected chi connectivity index (χ0v) is 17.9. The molecule has 1 fully saturated rings. The van der Waals surface area contributed by atoms with Gasteiger partial charge >= 0.3 is 0 Å². The van der Waals surface area contributed by atoms with E-state index >= 15 is 0 Å². The number of rotatable bonds is 3. The zero-order valence-electron chi connectivity index (χ0n) is 17.9. The van der Waals surface area contributed by atoms with Crippen LogP contribution in [-0.2, 0) is 0 Å². The SMILES string of the molecule is O=C(c1ccc2c(cnn2-c2cccc(F)c2)c1)N1CCC(c2nc3ccccc3[nH]2)CC1. The number of para-hydroxylation sites is 2. The van der Waals surface area contributed by atoms with Crippen LogP contribution in [0.3, 0.4) is 0 Å². The lowest BCUT2D eigenvalue weighted by atomic mass is 9.95. The molecule has 6 nitrogen and oxygen atoms in total. The van der Waals surface area contributed by atoms with Gasteiger partial charge in [-0.25, -0.2) is 14.1 Å². The highest BCUT2D eigenvalue weighted by Crippen LogP contribution is 2.29. The van der Waals surface area contributed by atoms with Crippen molar-refractivity contribution in [2.45, 2.75) is 18.8 Å². The fourth-order valence-corrected chi connectivity index (χ4v) is 4.68. The molecule has 0 spiro atoms. The number of aromatic nitrogens is 4. The summed E-state index contributed by atoms with van der Waals surface area (Å²) in [5.74, 6) is 1.05. The predicted octanol–water partition coefficient (Wildman–Crippen LogP) is 5.06. The smallest absolute Gasteiger partial charge is 0.253 e. The molecule has 164 valence electrons. The van der Waals surface area contributed by atoms with Gasteiger partial charge in [0.1, 0.15) is 11.6 Å². The van der Waals surface area contributed by atoms with Crippen molar-refractivity contribution in [3.8, 4) is 5.69 Å². The lowest BCUT2D eigenvalue weighted by Gasteiger charge is -2.31. The number of carbonyl (C=O) groups excluding carboxylic acids is 1. The highest BCUT2D eigenvalue weighted by atomic mass is 19.1. The summed E-state index contributed by atoms with van der Waals surface area (Å²) in [4.78, 5) is 23.3. The average Bonchev–Trinajstić information content (AvgIpc) is 3.47. The first-order valence-corrected chi connectivity index (χ1v) is 11.1. The van der Waals surface area contributed by atoms with Gasteiger partial charge in [-0.15, -0.1) is 0 Å². The molecule has 0 saturated carbocycles. The number of aromatic amines is 1. The van der Waals surface area contributed by atoms with Gasteiger partial charge in [-0.05, 0) is 61.4 Å². The third-order valence-corrected chi connectivity index (χ3v) is 6.44. The Kier molecular flexibility index (Phi) is 4.68. The minimum Gasteiger partial charge on any atom is -0.342 e. The summed E-state index contributed by atoms with van der Waals surface area (Å²) in [7, 11) is 0. The van der Waals surface area contributed by atoms with Crippen molar-refractivity contribution >= 4 is 27.8 Å². The Morgan fingerprint density at radius 1 is 1.00 bits per heavy atom. The summed E-state index contributed by atoms with van der Waals surface area (Å²) in [6.45, 7) is 1.39. The van der Waals surface area contributed by atoms with Gasteiger partial charge in [-0.3, -0.25) is 4.79 Å². The minimum absolute atomic E-state index is 0.0264. The lowest BCUT2D eigenvalue weighted by molar-refractivity contribution is 0.0711. The Morgan fingerprint density at radius 2 is 1.85 bits per heavy atom. The van der Waals surface area contributed by atoms with Crippen molar-refractivity contribution in [3.05, 3.63) is 90.1 Å². The Labute approximate surface area is 189 Å². The third kappa shape index (κ3) is 3.55. The van der Waals surface area contributed by atoms with E-state index in [9.17, 15) is 9.18 Å². The van der Waals surface area contributed by atoms with Gasteiger partial charge < -0.3 is 9.88 Å². The van der Waals surface area contributed by atoms with Crippen LogP contribution in [-0.4, -0.2) is 43.6 Å².